The lowest BCUT2D eigenvalue weighted by Crippen LogP contribution is -2.06. The minimum absolute atomic E-state index is 0.292. The highest BCUT2D eigenvalue weighted by atomic mass is 16.5. The third-order valence-corrected chi connectivity index (χ3v) is 5.76. The molecular formula is C30H31NO2. The minimum Gasteiger partial charge on any atom is -0.489 e. The number of rotatable bonds is 11. The average molecular weight is 438 g/mol. The predicted octanol–water partition coefficient (Wildman–Crippen LogP) is 6.72. The van der Waals surface area contributed by atoms with Crippen molar-refractivity contribution in [3.63, 3.8) is 0 Å². The van der Waals surface area contributed by atoms with Crippen molar-refractivity contribution < 1.29 is 9.47 Å². The quantitative estimate of drug-likeness (QED) is 0.283. The fourth-order valence-electron chi connectivity index (χ4n) is 3.92. The monoisotopic (exact) mass is 437 g/mol. The van der Waals surface area contributed by atoms with E-state index in [1.54, 1.807) is 0 Å². The summed E-state index contributed by atoms with van der Waals surface area (Å²) in [5, 5.41) is 0. The van der Waals surface area contributed by atoms with Crippen molar-refractivity contribution in [2.45, 2.75) is 32.0 Å². The first-order valence-corrected chi connectivity index (χ1v) is 11.6. The van der Waals surface area contributed by atoms with Crippen molar-refractivity contribution in [2.24, 2.45) is 5.73 Å². The molecule has 4 aromatic carbocycles. The second kappa shape index (κ2) is 11.9. The van der Waals surface area contributed by atoms with Crippen molar-refractivity contribution in [3.05, 3.63) is 131 Å². The summed E-state index contributed by atoms with van der Waals surface area (Å²) in [7, 11) is 0. The summed E-state index contributed by atoms with van der Waals surface area (Å²) in [6.45, 7) is 1.83. The lowest BCUT2D eigenvalue weighted by molar-refractivity contribution is 0.306. The number of benzene rings is 4. The van der Waals surface area contributed by atoms with Gasteiger partial charge in [-0.3, -0.25) is 0 Å². The van der Waals surface area contributed by atoms with E-state index in [1.165, 1.54) is 11.1 Å². The maximum Gasteiger partial charge on any atom is 0.119 e. The van der Waals surface area contributed by atoms with Crippen LogP contribution in [0.25, 0.3) is 0 Å². The second-order valence-corrected chi connectivity index (χ2v) is 8.17. The molecule has 0 bridgehead atoms. The smallest absolute Gasteiger partial charge is 0.119 e. The maximum absolute atomic E-state index is 5.96. The topological polar surface area (TPSA) is 44.5 Å². The fraction of sp³-hybridized carbons (Fsp3) is 0.200. The molecule has 3 nitrogen and oxygen atoms in total. The Morgan fingerprint density at radius 3 is 1.36 bits per heavy atom. The Labute approximate surface area is 196 Å². The third-order valence-electron chi connectivity index (χ3n) is 5.76. The highest BCUT2D eigenvalue weighted by Crippen LogP contribution is 2.31. The fourth-order valence-corrected chi connectivity index (χ4v) is 3.92. The summed E-state index contributed by atoms with van der Waals surface area (Å²) in [4.78, 5) is 0. The zero-order valence-electron chi connectivity index (χ0n) is 18.9. The molecule has 2 N–H and O–H groups in total. The van der Waals surface area contributed by atoms with Crippen LogP contribution in [-0.4, -0.2) is 6.54 Å². The molecule has 0 heterocycles. The highest BCUT2D eigenvalue weighted by Gasteiger charge is 2.14. The van der Waals surface area contributed by atoms with E-state index in [2.05, 4.69) is 72.8 Å². The molecule has 33 heavy (non-hydrogen) atoms. The molecule has 0 saturated carbocycles. The highest BCUT2D eigenvalue weighted by molar-refractivity contribution is 5.38. The van der Waals surface area contributed by atoms with Gasteiger partial charge in [0.15, 0.2) is 0 Å². The first-order valence-electron chi connectivity index (χ1n) is 11.6. The summed E-state index contributed by atoms with van der Waals surface area (Å²) in [5.74, 6) is 2.05. The van der Waals surface area contributed by atoms with Crippen LogP contribution in [0.15, 0.2) is 109 Å². The Balaban J connectivity index is 1.41. The van der Waals surface area contributed by atoms with Gasteiger partial charge in [-0.2, -0.15) is 0 Å². The molecule has 0 radical (unpaired) electrons. The van der Waals surface area contributed by atoms with Crippen LogP contribution in [0.5, 0.6) is 11.5 Å². The average Bonchev–Trinajstić information content (AvgIpc) is 2.89. The molecule has 0 unspecified atom stereocenters. The van der Waals surface area contributed by atoms with Crippen molar-refractivity contribution in [1.29, 1.82) is 0 Å². The summed E-state index contributed by atoms with van der Waals surface area (Å²) in [6, 6.07) is 37.4. The second-order valence-electron chi connectivity index (χ2n) is 8.17. The first-order chi connectivity index (χ1) is 16.3. The molecule has 0 saturated heterocycles. The van der Waals surface area contributed by atoms with Gasteiger partial charge in [-0.05, 0) is 65.9 Å². The zero-order chi connectivity index (χ0) is 22.7. The lowest BCUT2D eigenvalue weighted by Gasteiger charge is -2.19. The predicted molar refractivity (Wildman–Crippen MR) is 135 cm³/mol. The van der Waals surface area contributed by atoms with Crippen molar-refractivity contribution in [2.75, 3.05) is 6.54 Å². The van der Waals surface area contributed by atoms with Gasteiger partial charge in [-0.25, -0.2) is 0 Å². The molecule has 0 aliphatic heterocycles. The van der Waals surface area contributed by atoms with E-state index in [-0.39, 0.29) is 0 Å². The molecule has 168 valence electrons. The van der Waals surface area contributed by atoms with Gasteiger partial charge in [0, 0.05) is 5.92 Å². The van der Waals surface area contributed by atoms with E-state index in [0.717, 1.165) is 35.5 Å². The molecule has 0 aromatic heterocycles. The van der Waals surface area contributed by atoms with Crippen molar-refractivity contribution >= 4 is 0 Å². The van der Waals surface area contributed by atoms with Crippen LogP contribution in [0.3, 0.4) is 0 Å². The molecule has 3 heteroatoms. The number of hydrogen-bond donors (Lipinski definition) is 1. The lowest BCUT2D eigenvalue weighted by atomic mass is 9.87. The molecule has 4 aromatic rings. The Morgan fingerprint density at radius 2 is 0.970 bits per heavy atom. The van der Waals surface area contributed by atoms with Gasteiger partial charge in [0.2, 0.25) is 0 Å². The van der Waals surface area contributed by atoms with E-state index in [0.29, 0.717) is 25.7 Å². The van der Waals surface area contributed by atoms with Crippen LogP contribution >= 0.6 is 0 Å². The van der Waals surface area contributed by atoms with Gasteiger partial charge in [-0.15, -0.1) is 0 Å². The summed E-state index contributed by atoms with van der Waals surface area (Å²) in [6.07, 6.45) is 1.98. The van der Waals surface area contributed by atoms with Gasteiger partial charge in [-0.1, -0.05) is 84.9 Å². The van der Waals surface area contributed by atoms with Crippen molar-refractivity contribution in [3.8, 4) is 11.5 Å². The Morgan fingerprint density at radius 1 is 0.545 bits per heavy atom. The number of nitrogens with two attached hydrogens (primary N) is 1. The van der Waals surface area contributed by atoms with Gasteiger partial charge < -0.3 is 15.2 Å². The molecule has 0 amide bonds. The number of ether oxygens (including phenoxy) is 2. The van der Waals surface area contributed by atoms with Crippen LogP contribution in [0.1, 0.15) is 41.0 Å². The molecule has 4 rings (SSSR count). The van der Waals surface area contributed by atoms with Gasteiger partial charge in [0.25, 0.3) is 0 Å². The van der Waals surface area contributed by atoms with Crippen LogP contribution in [0.4, 0.5) is 0 Å². The summed E-state index contributed by atoms with van der Waals surface area (Å²) < 4.78 is 11.9. The number of hydrogen-bond acceptors (Lipinski definition) is 3. The Bertz CT molecular complexity index is 991. The van der Waals surface area contributed by atoms with Crippen LogP contribution < -0.4 is 15.2 Å². The minimum atomic E-state index is 0.292. The molecule has 0 aliphatic rings. The van der Waals surface area contributed by atoms with E-state index in [4.69, 9.17) is 15.2 Å². The van der Waals surface area contributed by atoms with Gasteiger partial charge >= 0.3 is 0 Å². The van der Waals surface area contributed by atoms with Gasteiger partial charge in [0.1, 0.15) is 24.7 Å². The Kier molecular flexibility index (Phi) is 8.15. The van der Waals surface area contributed by atoms with Gasteiger partial charge in [0.05, 0.1) is 0 Å². The SMILES string of the molecule is NCCCC(c1ccc(OCc2ccccc2)cc1)c1ccc(OCc2ccccc2)cc1. The first kappa shape index (κ1) is 22.6. The summed E-state index contributed by atoms with van der Waals surface area (Å²) >= 11 is 0. The molecule has 0 atom stereocenters. The van der Waals surface area contributed by atoms with Crippen LogP contribution in [0.2, 0.25) is 0 Å². The van der Waals surface area contributed by atoms with E-state index in [9.17, 15) is 0 Å². The van der Waals surface area contributed by atoms with E-state index < -0.39 is 0 Å². The molecule has 0 fully saturated rings. The normalized spacial score (nSPS) is 10.8. The Hall–Kier alpha value is -3.56. The molecule has 0 aliphatic carbocycles. The van der Waals surface area contributed by atoms with Crippen LogP contribution in [-0.2, 0) is 13.2 Å². The third kappa shape index (κ3) is 6.71. The molecular weight excluding hydrogens is 406 g/mol. The molecule has 0 spiro atoms. The largest absolute Gasteiger partial charge is 0.489 e. The van der Waals surface area contributed by atoms with Crippen LogP contribution in [0, 0.1) is 0 Å². The van der Waals surface area contributed by atoms with Crippen molar-refractivity contribution in [1.82, 2.24) is 0 Å². The maximum atomic E-state index is 5.96. The standard InChI is InChI=1S/C30H31NO2/c31-21-7-12-30(26-13-17-28(18-14-26)32-22-24-8-3-1-4-9-24)27-15-19-29(20-16-27)33-23-25-10-5-2-6-11-25/h1-6,8-11,13-20,30H,7,12,21-23,31H2. The zero-order valence-corrected chi connectivity index (χ0v) is 18.9. The van der Waals surface area contributed by atoms with E-state index in [1.807, 2.05) is 36.4 Å². The summed E-state index contributed by atoms with van der Waals surface area (Å²) in [5.41, 5.74) is 10.7. The van der Waals surface area contributed by atoms with E-state index >= 15 is 0 Å².